The Morgan fingerprint density at radius 3 is 2.43 bits per heavy atom. The Morgan fingerprint density at radius 1 is 1.07 bits per heavy atom. The fraction of sp³-hybridized carbons (Fsp3) is 0.0952. The Balaban J connectivity index is 1.78. The summed E-state index contributed by atoms with van der Waals surface area (Å²) in [6.45, 7) is 0.0300. The summed E-state index contributed by atoms with van der Waals surface area (Å²) in [6, 6.07) is 16.8. The number of benzene rings is 3. The molecular weight excluding hydrogens is 475 g/mol. The second kappa shape index (κ2) is 9.38. The Kier molecular flexibility index (Phi) is 6.86. The summed E-state index contributed by atoms with van der Waals surface area (Å²) in [6.07, 6.45) is 0. The summed E-state index contributed by atoms with van der Waals surface area (Å²) < 4.78 is 47.6. The van der Waals surface area contributed by atoms with Gasteiger partial charge in [-0.3, -0.25) is 4.79 Å². The van der Waals surface area contributed by atoms with Gasteiger partial charge in [0.15, 0.2) is 0 Å². The Hall–Kier alpha value is -2.75. The Morgan fingerprint density at radius 2 is 1.77 bits per heavy atom. The van der Waals surface area contributed by atoms with Gasteiger partial charge in [0.2, 0.25) is 10.0 Å². The van der Waals surface area contributed by atoms with E-state index < -0.39 is 21.7 Å². The zero-order chi connectivity index (χ0) is 21.7. The number of hydrogen-bond donors (Lipinski definition) is 2. The summed E-state index contributed by atoms with van der Waals surface area (Å²) >= 11 is 3.29. The molecule has 0 saturated carbocycles. The van der Waals surface area contributed by atoms with Crippen molar-refractivity contribution in [3.8, 4) is 5.75 Å². The molecule has 3 rings (SSSR count). The molecule has 0 aliphatic carbocycles. The lowest BCUT2D eigenvalue weighted by molar-refractivity contribution is 0.102. The van der Waals surface area contributed by atoms with Crippen LogP contribution in [0.5, 0.6) is 5.75 Å². The largest absolute Gasteiger partial charge is 0.497 e. The zero-order valence-electron chi connectivity index (χ0n) is 15.9. The van der Waals surface area contributed by atoms with Gasteiger partial charge < -0.3 is 10.1 Å². The molecule has 1 amide bonds. The number of methoxy groups -OCH3 is 1. The van der Waals surface area contributed by atoms with Crippen LogP contribution in [0.3, 0.4) is 0 Å². The zero-order valence-corrected chi connectivity index (χ0v) is 18.3. The van der Waals surface area contributed by atoms with E-state index in [0.29, 0.717) is 21.5 Å². The van der Waals surface area contributed by atoms with Crippen molar-refractivity contribution in [1.82, 2.24) is 4.72 Å². The van der Waals surface area contributed by atoms with Gasteiger partial charge in [0.25, 0.3) is 5.91 Å². The predicted molar refractivity (Wildman–Crippen MR) is 116 cm³/mol. The lowest BCUT2D eigenvalue weighted by Gasteiger charge is -2.11. The van der Waals surface area contributed by atoms with Crippen LogP contribution in [0.15, 0.2) is 76.1 Å². The first kappa shape index (κ1) is 21.9. The summed E-state index contributed by atoms with van der Waals surface area (Å²) in [5.41, 5.74) is 0.777. The van der Waals surface area contributed by atoms with Gasteiger partial charge in [-0.25, -0.2) is 17.5 Å². The third-order valence-corrected chi connectivity index (χ3v) is 6.33. The SMILES string of the molecule is COc1ccc(CNS(=O)(=O)c2ccc(F)c(C(=O)Nc3ccccc3Br)c2)cc1. The van der Waals surface area contributed by atoms with E-state index in [1.807, 2.05) is 0 Å². The highest BCUT2D eigenvalue weighted by atomic mass is 79.9. The lowest BCUT2D eigenvalue weighted by atomic mass is 10.2. The maximum atomic E-state index is 14.2. The third kappa shape index (κ3) is 5.24. The minimum atomic E-state index is -3.97. The van der Waals surface area contributed by atoms with E-state index in [1.54, 1.807) is 48.5 Å². The number of carbonyl (C=O) groups excluding carboxylic acids is 1. The standard InChI is InChI=1S/C21H18BrFN2O4S/c1-29-15-8-6-14(7-9-15)13-24-30(27,28)16-10-11-19(23)17(12-16)21(26)25-20-5-3-2-4-18(20)22/h2-12,24H,13H2,1H3,(H,25,26). The highest BCUT2D eigenvalue weighted by Crippen LogP contribution is 2.23. The molecule has 0 atom stereocenters. The van der Waals surface area contributed by atoms with Gasteiger partial charge in [0, 0.05) is 11.0 Å². The number of carbonyl (C=O) groups is 1. The molecule has 0 aliphatic heterocycles. The third-order valence-electron chi connectivity index (χ3n) is 4.24. The molecule has 6 nitrogen and oxygen atoms in total. The summed E-state index contributed by atoms with van der Waals surface area (Å²) in [5.74, 6) is -0.930. The number of halogens is 2. The van der Waals surface area contributed by atoms with Crippen LogP contribution in [0.4, 0.5) is 10.1 Å². The molecule has 0 radical (unpaired) electrons. The predicted octanol–water partition coefficient (Wildman–Crippen LogP) is 4.33. The fourth-order valence-corrected chi connectivity index (χ4v) is 4.03. The van der Waals surface area contributed by atoms with E-state index in [2.05, 4.69) is 26.0 Å². The number of para-hydroxylation sites is 1. The molecule has 0 saturated heterocycles. The van der Waals surface area contributed by atoms with Crippen molar-refractivity contribution in [2.75, 3.05) is 12.4 Å². The van der Waals surface area contributed by atoms with Crippen molar-refractivity contribution in [1.29, 1.82) is 0 Å². The van der Waals surface area contributed by atoms with Gasteiger partial charge in [-0.15, -0.1) is 0 Å². The molecule has 156 valence electrons. The lowest BCUT2D eigenvalue weighted by Crippen LogP contribution is -2.24. The van der Waals surface area contributed by atoms with Gasteiger partial charge in [-0.1, -0.05) is 24.3 Å². The van der Waals surface area contributed by atoms with Gasteiger partial charge in [0.1, 0.15) is 11.6 Å². The number of amides is 1. The molecule has 9 heteroatoms. The van der Waals surface area contributed by atoms with Crippen molar-refractivity contribution < 1.29 is 22.3 Å². The van der Waals surface area contributed by atoms with Crippen LogP contribution in [0, 0.1) is 5.82 Å². The Bertz CT molecular complexity index is 1170. The van der Waals surface area contributed by atoms with Crippen molar-refractivity contribution in [3.63, 3.8) is 0 Å². The van der Waals surface area contributed by atoms with Crippen LogP contribution in [0.25, 0.3) is 0 Å². The van der Waals surface area contributed by atoms with Crippen molar-refractivity contribution in [3.05, 3.63) is 88.1 Å². The van der Waals surface area contributed by atoms with Gasteiger partial charge in [-0.05, 0) is 64.0 Å². The maximum absolute atomic E-state index is 14.2. The molecule has 0 bridgehead atoms. The van der Waals surface area contributed by atoms with Crippen molar-refractivity contribution >= 4 is 37.5 Å². The molecule has 0 aromatic heterocycles. The molecule has 3 aromatic carbocycles. The second-order valence-electron chi connectivity index (χ2n) is 6.25. The summed E-state index contributed by atoms with van der Waals surface area (Å²) in [7, 11) is -2.43. The molecule has 0 fully saturated rings. The van der Waals surface area contributed by atoms with E-state index in [-0.39, 0.29) is 17.0 Å². The van der Waals surface area contributed by atoms with E-state index in [9.17, 15) is 17.6 Å². The van der Waals surface area contributed by atoms with Crippen LogP contribution in [0.2, 0.25) is 0 Å². The number of sulfonamides is 1. The Labute approximate surface area is 182 Å². The van der Waals surface area contributed by atoms with Crippen LogP contribution in [-0.2, 0) is 16.6 Å². The topological polar surface area (TPSA) is 84.5 Å². The number of hydrogen-bond acceptors (Lipinski definition) is 4. The maximum Gasteiger partial charge on any atom is 0.258 e. The quantitative estimate of drug-likeness (QED) is 0.514. The number of ether oxygens (including phenoxy) is 1. The molecule has 3 aromatic rings. The minimum absolute atomic E-state index is 0.0300. The molecule has 2 N–H and O–H groups in total. The smallest absolute Gasteiger partial charge is 0.258 e. The van der Waals surface area contributed by atoms with E-state index in [4.69, 9.17) is 4.74 Å². The molecular formula is C21H18BrFN2O4S. The first-order valence-electron chi connectivity index (χ1n) is 8.78. The molecule has 0 aliphatic rings. The van der Waals surface area contributed by atoms with Gasteiger partial charge in [-0.2, -0.15) is 0 Å². The second-order valence-corrected chi connectivity index (χ2v) is 8.87. The van der Waals surface area contributed by atoms with Crippen molar-refractivity contribution in [2.45, 2.75) is 11.4 Å². The first-order chi connectivity index (χ1) is 14.3. The minimum Gasteiger partial charge on any atom is -0.497 e. The van der Waals surface area contributed by atoms with Crippen LogP contribution < -0.4 is 14.8 Å². The normalized spacial score (nSPS) is 11.2. The average molecular weight is 493 g/mol. The van der Waals surface area contributed by atoms with Crippen molar-refractivity contribution in [2.24, 2.45) is 0 Å². The van der Waals surface area contributed by atoms with Gasteiger partial charge >= 0.3 is 0 Å². The van der Waals surface area contributed by atoms with E-state index in [1.165, 1.54) is 7.11 Å². The number of rotatable bonds is 7. The number of anilines is 1. The highest BCUT2D eigenvalue weighted by molar-refractivity contribution is 9.10. The van der Waals surface area contributed by atoms with E-state index in [0.717, 1.165) is 18.2 Å². The average Bonchev–Trinajstić information content (AvgIpc) is 2.74. The van der Waals surface area contributed by atoms with Gasteiger partial charge in [0.05, 0.1) is 23.3 Å². The summed E-state index contributed by atoms with van der Waals surface area (Å²) in [4.78, 5) is 12.3. The van der Waals surface area contributed by atoms with Crippen LogP contribution in [0.1, 0.15) is 15.9 Å². The fourth-order valence-electron chi connectivity index (χ4n) is 2.60. The molecule has 0 spiro atoms. The van der Waals surface area contributed by atoms with Crippen LogP contribution >= 0.6 is 15.9 Å². The molecule has 0 heterocycles. The van der Waals surface area contributed by atoms with Crippen LogP contribution in [-0.4, -0.2) is 21.4 Å². The first-order valence-corrected chi connectivity index (χ1v) is 11.1. The summed E-state index contributed by atoms with van der Waals surface area (Å²) in [5, 5.41) is 2.56. The number of nitrogens with one attached hydrogen (secondary N) is 2. The molecule has 30 heavy (non-hydrogen) atoms. The monoisotopic (exact) mass is 492 g/mol. The molecule has 0 unspecified atom stereocenters. The highest BCUT2D eigenvalue weighted by Gasteiger charge is 2.20. The van der Waals surface area contributed by atoms with E-state index >= 15 is 0 Å².